The molecule has 0 aliphatic rings. The molecule has 7 nitrogen and oxygen atoms in total. The number of aromatic nitrogens is 2. The van der Waals surface area contributed by atoms with E-state index in [-0.39, 0.29) is 17.3 Å². The minimum atomic E-state index is -0.625. The van der Waals surface area contributed by atoms with Gasteiger partial charge in [-0.2, -0.15) is 5.10 Å². The monoisotopic (exact) mass is 477 g/mol. The van der Waals surface area contributed by atoms with Gasteiger partial charge < -0.3 is 14.8 Å². The maximum atomic E-state index is 12.5. The van der Waals surface area contributed by atoms with Crippen LogP contribution in [0.4, 0.5) is 5.69 Å². The number of ether oxygens (including phenoxy) is 2. The Kier molecular flexibility index (Phi) is 6.56. The van der Waals surface area contributed by atoms with E-state index in [2.05, 4.69) is 31.1 Å². The summed E-state index contributed by atoms with van der Waals surface area (Å²) in [5, 5.41) is 7.19. The zero-order chi connectivity index (χ0) is 21.0. The Morgan fingerprint density at radius 1 is 1.21 bits per heavy atom. The van der Waals surface area contributed by atoms with Crippen molar-refractivity contribution in [1.29, 1.82) is 0 Å². The number of nitrogens with zero attached hydrogens (tertiary/aromatic N) is 2. The van der Waals surface area contributed by atoms with Crippen LogP contribution in [-0.2, 0) is 18.4 Å². The average Bonchev–Trinajstić information content (AvgIpc) is 3.07. The van der Waals surface area contributed by atoms with Crippen molar-refractivity contribution >= 4 is 45.1 Å². The van der Waals surface area contributed by atoms with Gasteiger partial charge in [0.05, 0.1) is 17.8 Å². The van der Waals surface area contributed by atoms with Crippen molar-refractivity contribution in [2.45, 2.75) is 6.61 Å². The highest BCUT2D eigenvalue weighted by atomic mass is 79.9. The van der Waals surface area contributed by atoms with Crippen molar-refractivity contribution in [3.8, 4) is 5.75 Å². The third-order valence-corrected chi connectivity index (χ3v) is 4.75. The quantitative estimate of drug-likeness (QED) is 0.529. The first kappa shape index (κ1) is 20.9. The highest BCUT2D eigenvalue weighted by molar-refractivity contribution is 9.10. The van der Waals surface area contributed by atoms with Crippen molar-refractivity contribution < 1.29 is 19.1 Å². The van der Waals surface area contributed by atoms with E-state index in [1.807, 2.05) is 6.07 Å². The molecule has 0 saturated carbocycles. The molecule has 0 spiro atoms. The van der Waals surface area contributed by atoms with Crippen molar-refractivity contribution in [2.75, 3.05) is 12.4 Å². The lowest BCUT2D eigenvalue weighted by molar-refractivity contribution is 0.0594. The number of rotatable bonds is 6. The SMILES string of the molecule is COC(=O)c1nn(C)cc1NC(=O)c1ccc(COc2ccc(Br)cc2Cl)cc1. The Bertz CT molecular complexity index is 1050. The van der Waals surface area contributed by atoms with E-state index >= 15 is 0 Å². The first-order valence-corrected chi connectivity index (χ1v) is 9.64. The Morgan fingerprint density at radius 3 is 2.59 bits per heavy atom. The number of carbonyl (C=O) groups excluding carboxylic acids is 2. The number of anilines is 1. The number of amides is 1. The van der Waals surface area contributed by atoms with Gasteiger partial charge in [0, 0.05) is 23.3 Å². The van der Waals surface area contributed by atoms with Gasteiger partial charge in [0.1, 0.15) is 12.4 Å². The van der Waals surface area contributed by atoms with Crippen LogP contribution < -0.4 is 10.1 Å². The van der Waals surface area contributed by atoms with Crippen molar-refractivity contribution in [3.05, 3.63) is 75.0 Å². The lowest BCUT2D eigenvalue weighted by Crippen LogP contribution is -2.14. The zero-order valence-electron chi connectivity index (χ0n) is 15.6. The molecule has 1 aromatic heterocycles. The first-order chi connectivity index (χ1) is 13.9. The van der Waals surface area contributed by atoms with E-state index in [1.54, 1.807) is 43.4 Å². The maximum Gasteiger partial charge on any atom is 0.360 e. The van der Waals surface area contributed by atoms with Crippen LogP contribution >= 0.6 is 27.5 Å². The summed E-state index contributed by atoms with van der Waals surface area (Å²) in [6, 6.07) is 12.3. The van der Waals surface area contributed by atoms with Crippen LogP contribution in [0.3, 0.4) is 0 Å². The predicted octanol–water partition coefficient (Wildman–Crippen LogP) is 4.45. The average molecular weight is 479 g/mol. The molecule has 150 valence electrons. The van der Waals surface area contributed by atoms with Gasteiger partial charge in [0.25, 0.3) is 5.91 Å². The number of esters is 1. The summed E-state index contributed by atoms with van der Waals surface area (Å²) in [6.07, 6.45) is 1.54. The fourth-order valence-electron chi connectivity index (χ4n) is 2.53. The third kappa shape index (κ3) is 5.16. The number of methoxy groups -OCH3 is 1. The van der Waals surface area contributed by atoms with Crippen LogP contribution in [0, 0.1) is 0 Å². The van der Waals surface area contributed by atoms with Gasteiger partial charge in [-0.25, -0.2) is 4.79 Å². The van der Waals surface area contributed by atoms with E-state index < -0.39 is 5.97 Å². The van der Waals surface area contributed by atoms with E-state index in [4.69, 9.17) is 16.3 Å². The summed E-state index contributed by atoms with van der Waals surface area (Å²) in [5.74, 6) is -0.421. The second-order valence-electron chi connectivity index (χ2n) is 6.07. The lowest BCUT2D eigenvalue weighted by atomic mass is 10.1. The molecule has 0 saturated heterocycles. The molecule has 0 bridgehead atoms. The largest absolute Gasteiger partial charge is 0.487 e. The Balaban J connectivity index is 1.65. The predicted molar refractivity (Wildman–Crippen MR) is 112 cm³/mol. The molecule has 3 rings (SSSR count). The van der Waals surface area contributed by atoms with Crippen molar-refractivity contribution in [1.82, 2.24) is 9.78 Å². The van der Waals surface area contributed by atoms with E-state index in [0.717, 1.165) is 10.0 Å². The van der Waals surface area contributed by atoms with Crippen LogP contribution in [0.1, 0.15) is 26.4 Å². The molecular weight excluding hydrogens is 462 g/mol. The number of halogens is 2. The molecule has 0 aliphatic heterocycles. The molecule has 0 atom stereocenters. The molecular formula is C20H17BrClN3O4. The number of hydrogen-bond donors (Lipinski definition) is 1. The number of benzene rings is 2. The Labute approximate surface area is 180 Å². The molecule has 0 fully saturated rings. The van der Waals surface area contributed by atoms with E-state index in [0.29, 0.717) is 22.9 Å². The van der Waals surface area contributed by atoms with Crippen LogP contribution in [0.25, 0.3) is 0 Å². The smallest absolute Gasteiger partial charge is 0.360 e. The minimum absolute atomic E-state index is 0.0414. The molecule has 1 N–H and O–H groups in total. The standard InChI is InChI=1S/C20H17BrClN3O4/c1-25-10-16(18(24-25)20(27)28-2)23-19(26)13-5-3-12(4-6-13)11-29-17-8-7-14(21)9-15(17)22/h3-10H,11H2,1-2H3,(H,23,26). The summed E-state index contributed by atoms with van der Waals surface area (Å²) < 4.78 is 12.7. The second kappa shape index (κ2) is 9.11. The fourth-order valence-corrected chi connectivity index (χ4v) is 3.26. The zero-order valence-corrected chi connectivity index (χ0v) is 18.0. The Morgan fingerprint density at radius 2 is 1.93 bits per heavy atom. The highest BCUT2D eigenvalue weighted by Gasteiger charge is 2.19. The first-order valence-electron chi connectivity index (χ1n) is 8.47. The van der Waals surface area contributed by atoms with Gasteiger partial charge >= 0.3 is 5.97 Å². The molecule has 0 aliphatic carbocycles. The topological polar surface area (TPSA) is 82.5 Å². The van der Waals surface area contributed by atoms with Gasteiger partial charge in [0.15, 0.2) is 5.69 Å². The normalized spacial score (nSPS) is 10.5. The summed E-state index contributed by atoms with van der Waals surface area (Å²) in [7, 11) is 2.90. The molecule has 0 unspecified atom stereocenters. The number of nitrogens with one attached hydrogen (secondary N) is 1. The summed E-state index contributed by atoms with van der Waals surface area (Å²) >= 11 is 9.49. The van der Waals surface area contributed by atoms with Gasteiger partial charge in [-0.05, 0) is 35.9 Å². The molecule has 29 heavy (non-hydrogen) atoms. The molecule has 3 aromatic rings. The molecule has 1 heterocycles. The molecule has 1 amide bonds. The Hall–Kier alpha value is -2.84. The number of aryl methyl sites for hydroxylation is 1. The highest BCUT2D eigenvalue weighted by Crippen LogP contribution is 2.28. The van der Waals surface area contributed by atoms with Gasteiger partial charge in [0.2, 0.25) is 0 Å². The van der Waals surface area contributed by atoms with Gasteiger partial charge in [-0.15, -0.1) is 0 Å². The van der Waals surface area contributed by atoms with Crippen molar-refractivity contribution in [3.63, 3.8) is 0 Å². The lowest BCUT2D eigenvalue weighted by Gasteiger charge is -2.09. The van der Waals surface area contributed by atoms with Gasteiger partial charge in [-0.3, -0.25) is 9.48 Å². The summed E-state index contributed by atoms with van der Waals surface area (Å²) in [4.78, 5) is 24.3. The van der Waals surface area contributed by atoms with Crippen molar-refractivity contribution in [2.24, 2.45) is 7.05 Å². The second-order valence-corrected chi connectivity index (χ2v) is 7.39. The van der Waals surface area contributed by atoms with Gasteiger partial charge in [-0.1, -0.05) is 39.7 Å². The maximum absolute atomic E-state index is 12.5. The summed E-state index contributed by atoms with van der Waals surface area (Å²) in [6.45, 7) is 0.304. The summed E-state index contributed by atoms with van der Waals surface area (Å²) in [5.41, 5.74) is 1.62. The molecule has 9 heteroatoms. The van der Waals surface area contributed by atoms with Crippen LogP contribution in [0.2, 0.25) is 5.02 Å². The van der Waals surface area contributed by atoms with Crippen LogP contribution in [-0.4, -0.2) is 28.8 Å². The van der Waals surface area contributed by atoms with Crippen LogP contribution in [0.15, 0.2) is 53.1 Å². The number of carbonyl (C=O) groups is 2. The fraction of sp³-hybridized carbons (Fsp3) is 0.150. The number of hydrogen-bond acceptors (Lipinski definition) is 5. The third-order valence-electron chi connectivity index (χ3n) is 3.96. The van der Waals surface area contributed by atoms with Crippen LogP contribution in [0.5, 0.6) is 5.75 Å². The minimum Gasteiger partial charge on any atom is -0.487 e. The van der Waals surface area contributed by atoms with E-state index in [9.17, 15) is 9.59 Å². The molecule has 2 aromatic carbocycles. The molecule has 0 radical (unpaired) electrons. The van der Waals surface area contributed by atoms with E-state index in [1.165, 1.54) is 18.0 Å².